The summed E-state index contributed by atoms with van der Waals surface area (Å²) in [6.45, 7) is 6.95. The lowest BCUT2D eigenvalue weighted by molar-refractivity contribution is 0.568. The molecule has 5 heteroatoms. The van der Waals surface area contributed by atoms with Gasteiger partial charge >= 0.3 is 0 Å². The van der Waals surface area contributed by atoms with Crippen LogP contribution in [0.4, 0.5) is 0 Å². The average molecular weight is 279 g/mol. The second kappa shape index (κ2) is 5.72. The maximum atomic E-state index is 6.27. The Hall–Kier alpha value is -1.39. The molecule has 0 saturated carbocycles. The largest absolute Gasteiger partial charge is 0.305 e. The number of halogens is 1. The van der Waals surface area contributed by atoms with Gasteiger partial charge in [-0.05, 0) is 32.0 Å². The molecule has 2 rings (SSSR count). The Labute approximate surface area is 118 Å². The van der Waals surface area contributed by atoms with E-state index in [0.29, 0.717) is 5.02 Å². The summed E-state index contributed by atoms with van der Waals surface area (Å²) in [4.78, 5) is 4.53. The lowest BCUT2D eigenvalue weighted by Gasteiger charge is -2.21. The minimum absolute atomic E-state index is 0.0121. The molecule has 1 unspecified atom stereocenters. The second-order valence-electron chi connectivity index (χ2n) is 4.62. The quantitative estimate of drug-likeness (QED) is 0.935. The summed E-state index contributed by atoms with van der Waals surface area (Å²) >= 11 is 6.27. The second-order valence-corrected chi connectivity index (χ2v) is 5.03. The Bertz CT molecular complexity index is 557. The van der Waals surface area contributed by atoms with E-state index in [1.54, 1.807) is 6.20 Å². The van der Waals surface area contributed by atoms with Gasteiger partial charge in [0.2, 0.25) is 0 Å². The molecule has 1 N–H and O–H groups in total. The van der Waals surface area contributed by atoms with Crippen molar-refractivity contribution in [2.75, 3.05) is 6.54 Å². The van der Waals surface area contributed by atoms with Crippen LogP contribution < -0.4 is 5.32 Å². The van der Waals surface area contributed by atoms with E-state index in [4.69, 9.17) is 11.6 Å². The summed E-state index contributed by atoms with van der Waals surface area (Å²) in [6.07, 6.45) is 1.68. The van der Waals surface area contributed by atoms with Crippen LogP contribution in [0.2, 0.25) is 5.02 Å². The van der Waals surface area contributed by atoms with Crippen molar-refractivity contribution in [1.29, 1.82) is 0 Å². The fraction of sp³-hybridized carbons (Fsp3) is 0.429. The maximum absolute atomic E-state index is 6.27. The molecule has 102 valence electrons. The lowest BCUT2D eigenvalue weighted by Crippen LogP contribution is -2.25. The zero-order valence-electron chi connectivity index (χ0n) is 11.7. The molecule has 0 amide bonds. The van der Waals surface area contributed by atoms with Crippen molar-refractivity contribution in [3.63, 3.8) is 0 Å². The molecule has 0 saturated heterocycles. The normalized spacial score (nSPS) is 12.7. The standard InChI is InChI=1S/C14H19ClN4/c1-5-16-13(14-12(15)8-17-19(14)4)11-7-6-9(2)18-10(11)3/h6-8,13,16H,5H2,1-4H3. The first-order chi connectivity index (χ1) is 9.04. The number of nitrogens with one attached hydrogen (secondary N) is 1. The number of hydrogen-bond acceptors (Lipinski definition) is 3. The van der Waals surface area contributed by atoms with Gasteiger partial charge in [0, 0.05) is 18.4 Å². The minimum atomic E-state index is 0.0121. The van der Waals surface area contributed by atoms with Gasteiger partial charge in [-0.3, -0.25) is 9.67 Å². The molecule has 2 heterocycles. The Morgan fingerprint density at radius 2 is 2.11 bits per heavy atom. The molecular formula is C14H19ClN4. The molecule has 0 spiro atoms. The Morgan fingerprint density at radius 1 is 1.37 bits per heavy atom. The topological polar surface area (TPSA) is 42.7 Å². The van der Waals surface area contributed by atoms with Crippen molar-refractivity contribution >= 4 is 11.6 Å². The molecule has 1 atom stereocenters. The fourth-order valence-corrected chi connectivity index (χ4v) is 2.58. The lowest BCUT2D eigenvalue weighted by atomic mass is 10.0. The van der Waals surface area contributed by atoms with Gasteiger partial charge < -0.3 is 5.32 Å². The molecule has 0 fully saturated rings. The molecular weight excluding hydrogens is 260 g/mol. The highest BCUT2D eigenvalue weighted by atomic mass is 35.5. The van der Waals surface area contributed by atoms with E-state index < -0.39 is 0 Å². The summed E-state index contributed by atoms with van der Waals surface area (Å²) in [5, 5.41) is 8.35. The SMILES string of the molecule is CCNC(c1ccc(C)nc1C)c1c(Cl)cnn1C. The molecule has 0 aliphatic rings. The van der Waals surface area contributed by atoms with Crippen LogP contribution in [0, 0.1) is 13.8 Å². The van der Waals surface area contributed by atoms with Crippen molar-refractivity contribution < 1.29 is 0 Å². The number of rotatable bonds is 4. The van der Waals surface area contributed by atoms with Crippen molar-refractivity contribution in [3.8, 4) is 0 Å². The predicted octanol–water partition coefficient (Wildman–Crippen LogP) is 2.78. The van der Waals surface area contributed by atoms with E-state index in [1.807, 2.05) is 31.6 Å². The van der Waals surface area contributed by atoms with Gasteiger partial charge in [0.15, 0.2) is 0 Å². The first kappa shape index (κ1) is 14.0. The smallest absolute Gasteiger partial charge is 0.0837 e. The van der Waals surface area contributed by atoms with Crippen LogP contribution >= 0.6 is 11.6 Å². The maximum Gasteiger partial charge on any atom is 0.0837 e. The molecule has 0 bridgehead atoms. The molecule has 0 aromatic carbocycles. The summed E-state index contributed by atoms with van der Waals surface area (Å²) in [5.41, 5.74) is 4.14. The highest BCUT2D eigenvalue weighted by molar-refractivity contribution is 6.31. The summed E-state index contributed by atoms with van der Waals surface area (Å²) < 4.78 is 1.81. The van der Waals surface area contributed by atoms with Crippen molar-refractivity contribution in [2.45, 2.75) is 26.8 Å². The van der Waals surface area contributed by atoms with Crippen LogP contribution in [0.15, 0.2) is 18.3 Å². The van der Waals surface area contributed by atoms with E-state index >= 15 is 0 Å². The van der Waals surface area contributed by atoms with E-state index in [9.17, 15) is 0 Å². The zero-order chi connectivity index (χ0) is 14.0. The van der Waals surface area contributed by atoms with Crippen molar-refractivity contribution in [3.05, 3.63) is 46.0 Å². The van der Waals surface area contributed by atoms with Gasteiger partial charge in [0.05, 0.1) is 23.0 Å². The molecule has 0 aliphatic heterocycles. The van der Waals surface area contributed by atoms with Gasteiger partial charge in [-0.1, -0.05) is 24.6 Å². The highest BCUT2D eigenvalue weighted by Gasteiger charge is 2.22. The van der Waals surface area contributed by atoms with Crippen LogP contribution in [0.1, 0.15) is 35.6 Å². The Morgan fingerprint density at radius 3 is 2.63 bits per heavy atom. The average Bonchev–Trinajstić information content (AvgIpc) is 2.67. The summed E-state index contributed by atoms with van der Waals surface area (Å²) in [5.74, 6) is 0. The molecule has 2 aromatic heterocycles. The fourth-order valence-electron chi connectivity index (χ4n) is 2.31. The third kappa shape index (κ3) is 2.80. The van der Waals surface area contributed by atoms with E-state index in [1.165, 1.54) is 0 Å². The minimum Gasteiger partial charge on any atom is -0.305 e. The van der Waals surface area contributed by atoms with Crippen LogP contribution in [-0.2, 0) is 7.05 Å². The number of aromatic nitrogens is 3. The summed E-state index contributed by atoms with van der Waals surface area (Å²) in [6, 6.07) is 4.14. The van der Waals surface area contributed by atoms with Gasteiger partial charge in [0.25, 0.3) is 0 Å². The third-order valence-corrected chi connectivity index (χ3v) is 3.49. The number of pyridine rings is 1. The number of nitrogens with zero attached hydrogens (tertiary/aromatic N) is 3. The van der Waals surface area contributed by atoms with E-state index in [0.717, 1.165) is 29.2 Å². The highest BCUT2D eigenvalue weighted by Crippen LogP contribution is 2.29. The van der Waals surface area contributed by atoms with Gasteiger partial charge in [-0.2, -0.15) is 5.10 Å². The predicted molar refractivity (Wildman–Crippen MR) is 77.4 cm³/mol. The first-order valence-corrected chi connectivity index (χ1v) is 6.77. The van der Waals surface area contributed by atoms with Crippen LogP contribution in [0.5, 0.6) is 0 Å². The molecule has 2 aromatic rings. The number of aryl methyl sites for hydroxylation is 3. The molecule has 19 heavy (non-hydrogen) atoms. The zero-order valence-corrected chi connectivity index (χ0v) is 12.5. The van der Waals surface area contributed by atoms with E-state index in [-0.39, 0.29) is 6.04 Å². The molecule has 0 aliphatic carbocycles. The monoisotopic (exact) mass is 278 g/mol. The van der Waals surface area contributed by atoms with Crippen molar-refractivity contribution in [2.24, 2.45) is 7.05 Å². The molecule has 4 nitrogen and oxygen atoms in total. The first-order valence-electron chi connectivity index (χ1n) is 6.39. The van der Waals surface area contributed by atoms with Crippen LogP contribution in [0.25, 0.3) is 0 Å². The van der Waals surface area contributed by atoms with Gasteiger partial charge in [-0.25, -0.2) is 0 Å². The third-order valence-electron chi connectivity index (χ3n) is 3.20. The van der Waals surface area contributed by atoms with E-state index in [2.05, 4.69) is 28.4 Å². The Balaban J connectivity index is 2.51. The van der Waals surface area contributed by atoms with Gasteiger partial charge in [-0.15, -0.1) is 0 Å². The number of hydrogen-bond donors (Lipinski definition) is 1. The van der Waals surface area contributed by atoms with Crippen molar-refractivity contribution in [1.82, 2.24) is 20.1 Å². The van der Waals surface area contributed by atoms with Crippen LogP contribution in [0.3, 0.4) is 0 Å². The van der Waals surface area contributed by atoms with Crippen LogP contribution in [-0.4, -0.2) is 21.3 Å². The van der Waals surface area contributed by atoms with Gasteiger partial charge in [0.1, 0.15) is 0 Å². The summed E-state index contributed by atoms with van der Waals surface area (Å²) in [7, 11) is 1.91. The molecule has 0 radical (unpaired) electrons. The Kier molecular flexibility index (Phi) is 4.22.